The molecule has 0 spiro atoms. The van der Waals surface area contributed by atoms with Gasteiger partial charge >= 0.3 is 0 Å². The lowest BCUT2D eigenvalue weighted by Crippen LogP contribution is -2.10. The molecule has 0 aliphatic heterocycles. The van der Waals surface area contributed by atoms with E-state index in [1.54, 1.807) is 10.9 Å². The molecule has 0 atom stereocenters. The number of hydrogen-bond acceptors (Lipinski definition) is 5. The van der Waals surface area contributed by atoms with Gasteiger partial charge in [0.1, 0.15) is 11.6 Å². The molecule has 1 amide bonds. The Morgan fingerprint density at radius 3 is 2.62 bits per heavy atom. The van der Waals surface area contributed by atoms with Gasteiger partial charge in [0.05, 0.1) is 0 Å². The summed E-state index contributed by atoms with van der Waals surface area (Å²) in [5.41, 5.74) is 1.66. The van der Waals surface area contributed by atoms with E-state index in [2.05, 4.69) is 32.6 Å². The van der Waals surface area contributed by atoms with Crippen molar-refractivity contribution in [3.63, 3.8) is 0 Å². The normalized spacial score (nSPS) is 10.5. The summed E-state index contributed by atoms with van der Waals surface area (Å²) in [7, 11) is 0. The molecule has 0 saturated carbocycles. The molecule has 0 bridgehead atoms. The largest absolute Gasteiger partial charge is 0.340 e. The number of unbranched alkanes of at least 4 members (excludes halogenated alkanes) is 1. The van der Waals surface area contributed by atoms with E-state index < -0.39 is 0 Å². The highest BCUT2D eigenvalue weighted by Gasteiger charge is 2.06. The lowest BCUT2D eigenvalue weighted by atomic mass is 10.2. The molecule has 0 saturated heterocycles. The zero-order valence-corrected chi connectivity index (χ0v) is 14.9. The number of aryl methyl sites for hydroxylation is 1. The molecular weight excluding hydrogens is 328 g/mol. The molecule has 7 nitrogen and oxygen atoms in total. The van der Waals surface area contributed by atoms with E-state index in [-0.39, 0.29) is 5.91 Å². The lowest BCUT2D eigenvalue weighted by Gasteiger charge is -2.10. The van der Waals surface area contributed by atoms with Gasteiger partial charge in [-0.15, -0.1) is 0 Å². The van der Waals surface area contributed by atoms with Crippen LogP contribution in [0.1, 0.15) is 32.0 Å². The number of benzene rings is 1. The lowest BCUT2D eigenvalue weighted by molar-refractivity contribution is -0.116. The summed E-state index contributed by atoms with van der Waals surface area (Å²) in [6, 6.07) is 11.2. The van der Waals surface area contributed by atoms with Crippen LogP contribution >= 0.6 is 0 Å². The van der Waals surface area contributed by atoms with Gasteiger partial charge in [-0.3, -0.25) is 4.79 Å². The number of aromatic nitrogens is 4. The van der Waals surface area contributed by atoms with Crippen molar-refractivity contribution >= 4 is 23.1 Å². The van der Waals surface area contributed by atoms with E-state index in [0.29, 0.717) is 23.9 Å². The third-order valence-corrected chi connectivity index (χ3v) is 3.76. The Bertz CT molecular complexity index is 858. The number of hydrogen-bond donors (Lipinski definition) is 2. The maximum atomic E-state index is 11.8. The Labute approximate surface area is 152 Å². The molecule has 0 radical (unpaired) electrons. The summed E-state index contributed by atoms with van der Waals surface area (Å²) in [6.45, 7) is 3.91. The maximum Gasteiger partial charge on any atom is 0.224 e. The monoisotopic (exact) mass is 350 g/mol. The van der Waals surface area contributed by atoms with Crippen molar-refractivity contribution < 1.29 is 4.79 Å². The van der Waals surface area contributed by atoms with Gasteiger partial charge in [-0.1, -0.05) is 13.3 Å². The molecule has 2 aromatic heterocycles. The molecule has 0 fully saturated rings. The minimum Gasteiger partial charge on any atom is -0.340 e. The van der Waals surface area contributed by atoms with Crippen LogP contribution in [-0.2, 0) is 4.79 Å². The van der Waals surface area contributed by atoms with E-state index in [1.165, 1.54) is 0 Å². The minimum absolute atomic E-state index is 0.0443. The number of carbonyl (C=O) groups excluding carboxylic acids is 1. The molecule has 1 aromatic carbocycles. The Hall–Kier alpha value is -3.22. The second kappa shape index (κ2) is 8.24. The van der Waals surface area contributed by atoms with E-state index in [0.717, 1.165) is 24.2 Å². The number of anilines is 3. The summed E-state index contributed by atoms with van der Waals surface area (Å²) in [6.07, 6.45) is 6.00. The maximum absolute atomic E-state index is 11.8. The van der Waals surface area contributed by atoms with Gasteiger partial charge in [-0.25, -0.2) is 14.6 Å². The topological polar surface area (TPSA) is 84.7 Å². The SMILES string of the molecule is CCCCC(=O)Nc1ccc(Nc2cc(-n3cccn3)nc(C)n2)cc1. The molecule has 2 N–H and O–H groups in total. The molecule has 3 aromatic rings. The van der Waals surface area contributed by atoms with E-state index in [4.69, 9.17) is 0 Å². The first-order valence-corrected chi connectivity index (χ1v) is 8.66. The zero-order chi connectivity index (χ0) is 18.4. The second-order valence-corrected chi connectivity index (χ2v) is 5.96. The van der Waals surface area contributed by atoms with E-state index in [9.17, 15) is 4.79 Å². The van der Waals surface area contributed by atoms with Gasteiger partial charge in [0.25, 0.3) is 0 Å². The van der Waals surface area contributed by atoms with Gasteiger partial charge in [-0.2, -0.15) is 5.10 Å². The third kappa shape index (κ3) is 4.66. The van der Waals surface area contributed by atoms with E-state index >= 15 is 0 Å². The van der Waals surface area contributed by atoms with Crippen molar-refractivity contribution in [3.8, 4) is 5.82 Å². The summed E-state index contributed by atoms with van der Waals surface area (Å²) >= 11 is 0. The molecule has 26 heavy (non-hydrogen) atoms. The molecule has 0 aliphatic carbocycles. The van der Waals surface area contributed by atoms with E-state index in [1.807, 2.05) is 49.5 Å². The summed E-state index contributed by atoms with van der Waals surface area (Å²) in [5, 5.41) is 10.4. The fourth-order valence-electron chi connectivity index (χ4n) is 2.48. The number of nitrogens with zero attached hydrogens (tertiary/aromatic N) is 4. The second-order valence-electron chi connectivity index (χ2n) is 5.96. The van der Waals surface area contributed by atoms with Crippen molar-refractivity contribution in [2.75, 3.05) is 10.6 Å². The van der Waals surface area contributed by atoms with Crippen LogP contribution in [0.5, 0.6) is 0 Å². The van der Waals surface area contributed by atoms with Gasteiger partial charge in [-0.05, 0) is 43.7 Å². The zero-order valence-electron chi connectivity index (χ0n) is 14.9. The van der Waals surface area contributed by atoms with Crippen molar-refractivity contribution in [1.82, 2.24) is 19.7 Å². The Kier molecular flexibility index (Phi) is 5.58. The molecule has 7 heteroatoms. The summed E-state index contributed by atoms with van der Waals surface area (Å²) in [5.74, 6) is 2.08. The molecule has 0 unspecified atom stereocenters. The fraction of sp³-hybridized carbons (Fsp3) is 0.263. The van der Waals surface area contributed by atoms with Crippen LogP contribution in [-0.4, -0.2) is 25.7 Å². The van der Waals surface area contributed by atoms with Crippen LogP contribution in [0.15, 0.2) is 48.8 Å². The van der Waals surface area contributed by atoms with Gasteiger partial charge in [0.15, 0.2) is 5.82 Å². The van der Waals surface area contributed by atoms with Gasteiger partial charge < -0.3 is 10.6 Å². The predicted molar refractivity (Wildman–Crippen MR) is 102 cm³/mol. The van der Waals surface area contributed by atoms with Crippen LogP contribution in [0.2, 0.25) is 0 Å². The van der Waals surface area contributed by atoms with Crippen molar-refractivity contribution in [2.24, 2.45) is 0 Å². The van der Waals surface area contributed by atoms with Gasteiger partial charge in [0, 0.05) is 36.3 Å². The highest BCUT2D eigenvalue weighted by Crippen LogP contribution is 2.19. The Morgan fingerprint density at radius 1 is 1.15 bits per heavy atom. The highest BCUT2D eigenvalue weighted by atomic mass is 16.1. The Morgan fingerprint density at radius 2 is 1.92 bits per heavy atom. The first-order chi connectivity index (χ1) is 12.6. The van der Waals surface area contributed by atoms with Crippen LogP contribution in [0.25, 0.3) is 5.82 Å². The number of nitrogens with one attached hydrogen (secondary N) is 2. The van der Waals surface area contributed by atoms with Crippen LogP contribution in [0.3, 0.4) is 0 Å². The number of carbonyl (C=O) groups is 1. The fourth-order valence-corrected chi connectivity index (χ4v) is 2.48. The molecule has 134 valence electrons. The minimum atomic E-state index is 0.0443. The van der Waals surface area contributed by atoms with Gasteiger partial charge in [0.2, 0.25) is 5.91 Å². The standard InChI is InChI=1S/C19H22N6O/c1-3-4-6-19(26)24-16-9-7-15(8-10-16)23-17-13-18(22-14(2)21-17)25-12-5-11-20-25/h5,7-13H,3-4,6H2,1-2H3,(H,24,26)(H,21,22,23). The third-order valence-electron chi connectivity index (χ3n) is 3.76. The Balaban J connectivity index is 1.68. The molecule has 2 heterocycles. The molecular formula is C19H22N6O. The number of amides is 1. The first-order valence-electron chi connectivity index (χ1n) is 8.66. The number of rotatable bonds is 7. The quantitative estimate of drug-likeness (QED) is 0.676. The first kappa shape index (κ1) is 17.6. The van der Waals surface area contributed by atoms with Crippen LogP contribution in [0.4, 0.5) is 17.2 Å². The average molecular weight is 350 g/mol. The summed E-state index contributed by atoms with van der Waals surface area (Å²) < 4.78 is 1.69. The van der Waals surface area contributed by atoms with Crippen LogP contribution in [0, 0.1) is 6.92 Å². The molecule has 3 rings (SSSR count). The van der Waals surface area contributed by atoms with Crippen molar-refractivity contribution in [2.45, 2.75) is 33.1 Å². The van der Waals surface area contributed by atoms with Crippen molar-refractivity contribution in [1.29, 1.82) is 0 Å². The highest BCUT2D eigenvalue weighted by molar-refractivity contribution is 5.90. The molecule has 0 aliphatic rings. The smallest absolute Gasteiger partial charge is 0.224 e. The van der Waals surface area contributed by atoms with Crippen molar-refractivity contribution in [3.05, 3.63) is 54.6 Å². The predicted octanol–water partition coefficient (Wildman–Crippen LogP) is 3.84. The summed E-state index contributed by atoms with van der Waals surface area (Å²) in [4.78, 5) is 20.6. The van der Waals surface area contributed by atoms with Crippen LogP contribution < -0.4 is 10.6 Å². The average Bonchev–Trinajstić information content (AvgIpc) is 3.16.